The van der Waals surface area contributed by atoms with Gasteiger partial charge in [-0.3, -0.25) is 12.5 Å². The molecule has 0 fully saturated rings. The van der Waals surface area contributed by atoms with E-state index >= 15 is 0 Å². The van der Waals surface area contributed by atoms with Crippen LogP contribution in [0.3, 0.4) is 0 Å². The second kappa shape index (κ2) is 61.7. The van der Waals surface area contributed by atoms with Gasteiger partial charge in [0.15, 0.2) is 0 Å². The molecule has 0 unspecified atom stereocenters. The zero-order valence-electron chi connectivity index (χ0n) is 42.5. The van der Waals surface area contributed by atoms with E-state index in [0.717, 1.165) is 38.5 Å². The van der Waals surface area contributed by atoms with Crippen molar-refractivity contribution in [2.24, 2.45) is 0 Å². The van der Waals surface area contributed by atoms with Gasteiger partial charge in [0.25, 0.3) is 0 Å². The van der Waals surface area contributed by atoms with Gasteiger partial charge in [0.1, 0.15) is 0 Å². The van der Waals surface area contributed by atoms with Gasteiger partial charge in [0.2, 0.25) is 31.2 Å². The van der Waals surface area contributed by atoms with E-state index in [2.05, 4.69) is 33.3 Å². The smallest absolute Gasteiger partial charge is 0.726 e. The predicted molar refractivity (Wildman–Crippen MR) is 249 cm³/mol. The van der Waals surface area contributed by atoms with Gasteiger partial charge < -0.3 is 13.7 Å². The van der Waals surface area contributed by atoms with E-state index in [9.17, 15) is 38.9 Å². The van der Waals surface area contributed by atoms with Crippen molar-refractivity contribution in [3.05, 3.63) is 0 Å². The molecule has 64 heavy (non-hydrogen) atoms. The summed E-state index contributed by atoms with van der Waals surface area (Å²) in [6.45, 7) is 6.81. The van der Waals surface area contributed by atoms with Crippen LogP contribution in [0.15, 0.2) is 0 Å². The Bertz CT molecular complexity index is 1180. The van der Waals surface area contributed by atoms with Crippen LogP contribution in [0.4, 0.5) is 0 Å². The van der Waals surface area contributed by atoms with Gasteiger partial charge in [-0.15, -0.1) is 0 Å². The molecule has 0 N–H and O–H groups in total. The minimum Gasteiger partial charge on any atom is -0.726 e. The standard InChI is InChI=1S/C18H38O4S.C16H34O4S.C12H26O4S.3Na/c1-2-3-4-5-6-7-8-9-10-11-12-13-14-15-16-17-18-22-23(19,20)21;1-2-3-4-5-6-7-8-9-10-11-12-13-14-15-16-20-21(17,18)19;1-2-3-4-5-6-7-8-9-10-11-12-16-17(13,14)15;;;/h2-18H2,1H3,(H,19,20,21);2-16H2,1H3,(H,17,18,19);2-12H2,1H3,(H,13,14,15);;;/q;;;3*+1/p-3. The van der Waals surface area contributed by atoms with Crippen molar-refractivity contribution in [3.8, 4) is 0 Å². The third kappa shape index (κ3) is 87.7. The molecule has 0 spiro atoms. The van der Waals surface area contributed by atoms with E-state index in [1.54, 1.807) is 0 Å². The van der Waals surface area contributed by atoms with Crippen LogP contribution >= 0.6 is 0 Å². The molecule has 0 aromatic heterocycles. The second-order valence-corrected chi connectivity index (χ2v) is 19.9. The summed E-state index contributed by atoms with van der Waals surface area (Å²) in [4.78, 5) is 0. The Morgan fingerprint density at radius 2 is 0.344 bits per heavy atom. The van der Waals surface area contributed by atoms with Gasteiger partial charge >= 0.3 is 88.7 Å². The minimum absolute atomic E-state index is 0. The third-order valence-corrected chi connectivity index (χ3v) is 12.0. The van der Waals surface area contributed by atoms with E-state index in [1.807, 2.05) is 0 Å². The quantitative estimate of drug-likeness (QED) is 0.0340. The summed E-state index contributed by atoms with van der Waals surface area (Å²) in [6, 6.07) is 0. The molecule has 0 rings (SSSR count). The summed E-state index contributed by atoms with van der Waals surface area (Å²) in [5.74, 6) is 0. The molecule has 372 valence electrons. The Labute approximate surface area is 463 Å². The van der Waals surface area contributed by atoms with Crippen LogP contribution in [0.1, 0.15) is 278 Å². The van der Waals surface area contributed by atoms with E-state index in [4.69, 9.17) is 0 Å². The Balaban J connectivity index is -0.000000195. The molecule has 18 heteroatoms. The van der Waals surface area contributed by atoms with Gasteiger partial charge in [-0.2, -0.15) is 0 Å². The Morgan fingerprint density at radius 1 is 0.234 bits per heavy atom. The fourth-order valence-corrected chi connectivity index (χ4v) is 7.99. The molecule has 0 aromatic carbocycles. The van der Waals surface area contributed by atoms with E-state index in [1.165, 1.54) is 199 Å². The van der Waals surface area contributed by atoms with Crippen molar-refractivity contribution < 1.29 is 140 Å². The average Bonchev–Trinajstić information content (AvgIpc) is 3.19. The SMILES string of the molecule is CCCCCCCCCCCCCCCCCCOS(=O)(=O)[O-].CCCCCCCCCCCCCCCCOS(=O)(=O)[O-].CCCCCCCCCCCCOS(=O)(=O)[O-].[Na+].[Na+].[Na+]. The minimum atomic E-state index is -4.49. The predicted octanol–water partition coefficient (Wildman–Crippen LogP) is 5.07. The summed E-state index contributed by atoms with van der Waals surface area (Å²) in [5.41, 5.74) is 0. The molecule has 0 atom stereocenters. The first-order valence-electron chi connectivity index (χ1n) is 25.0. The molecular weight excluding hydrogens is 910 g/mol. The molecular formula is C46H95Na3O12S3. The molecule has 0 radical (unpaired) electrons. The molecule has 12 nitrogen and oxygen atoms in total. The van der Waals surface area contributed by atoms with E-state index in [0.29, 0.717) is 19.3 Å². The van der Waals surface area contributed by atoms with Gasteiger partial charge in [-0.25, -0.2) is 25.3 Å². The first-order valence-corrected chi connectivity index (χ1v) is 29.0. The van der Waals surface area contributed by atoms with Crippen LogP contribution in [-0.4, -0.2) is 58.7 Å². The molecule has 0 aliphatic heterocycles. The molecule has 0 heterocycles. The molecule has 0 saturated heterocycles. The van der Waals surface area contributed by atoms with Crippen molar-refractivity contribution in [1.29, 1.82) is 0 Å². The third-order valence-electron chi connectivity index (χ3n) is 10.7. The number of hydrogen-bond acceptors (Lipinski definition) is 12. The van der Waals surface area contributed by atoms with Gasteiger partial charge in [-0.1, -0.05) is 258 Å². The number of hydrogen-bond donors (Lipinski definition) is 0. The van der Waals surface area contributed by atoms with Crippen molar-refractivity contribution >= 4 is 31.2 Å². The van der Waals surface area contributed by atoms with Crippen LogP contribution in [-0.2, 0) is 43.7 Å². The van der Waals surface area contributed by atoms with Crippen LogP contribution in [0, 0.1) is 0 Å². The average molecular weight is 1010 g/mol. The molecule has 0 aliphatic rings. The topological polar surface area (TPSA) is 199 Å². The summed E-state index contributed by atoms with van der Waals surface area (Å²) in [7, 11) is -13.5. The summed E-state index contributed by atoms with van der Waals surface area (Å²) in [5, 5.41) is 0. The normalized spacial score (nSPS) is 11.3. The molecule has 0 saturated carbocycles. The van der Waals surface area contributed by atoms with Crippen LogP contribution < -0.4 is 88.7 Å². The maximum absolute atomic E-state index is 10.2. The molecule has 0 aromatic rings. The maximum Gasteiger partial charge on any atom is 1.00 e. The van der Waals surface area contributed by atoms with Crippen molar-refractivity contribution in [2.45, 2.75) is 278 Å². The fraction of sp³-hybridized carbons (Fsp3) is 1.00. The Morgan fingerprint density at radius 3 is 0.453 bits per heavy atom. The molecule has 0 bridgehead atoms. The van der Waals surface area contributed by atoms with Crippen molar-refractivity contribution in [3.63, 3.8) is 0 Å². The summed E-state index contributed by atoms with van der Waals surface area (Å²) < 4.78 is 104. The van der Waals surface area contributed by atoms with Crippen LogP contribution in [0.25, 0.3) is 0 Å². The van der Waals surface area contributed by atoms with Gasteiger partial charge in [-0.05, 0) is 19.3 Å². The number of rotatable bonds is 46. The first-order chi connectivity index (χ1) is 29.2. The largest absolute Gasteiger partial charge is 1.00 e. The van der Waals surface area contributed by atoms with Crippen molar-refractivity contribution in [1.82, 2.24) is 0 Å². The zero-order chi connectivity index (χ0) is 46.0. The first kappa shape index (κ1) is 78.1. The van der Waals surface area contributed by atoms with Gasteiger partial charge in [0.05, 0.1) is 19.8 Å². The van der Waals surface area contributed by atoms with Crippen LogP contribution in [0.2, 0.25) is 0 Å². The summed E-state index contributed by atoms with van der Waals surface area (Å²) >= 11 is 0. The number of unbranched alkanes of at least 4 members (excludes halogenated alkanes) is 37. The second-order valence-electron chi connectivity index (χ2n) is 16.8. The molecule has 0 aliphatic carbocycles. The Hall–Kier alpha value is 2.61. The van der Waals surface area contributed by atoms with E-state index < -0.39 is 31.2 Å². The molecule has 0 amide bonds. The van der Waals surface area contributed by atoms with Crippen LogP contribution in [0.5, 0.6) is 0 Å². The Kier molecular flexibility index (Phi) is 75.3. The van der Waals surface area contributed by atoms with Gasteiger partial charge in [0, 0.05) is 0 Å². The fourth-order valence-electron chi connectivity index (χ4n) is 7.02. The van der Waals surface area contributed by atoms with E-state index in [-0.39, 0.29) is 108 Å². The summed E-state index contributed by atoms with van der Waals surface area (Å²) in [6.07, 6.45) is 49.4. The monoisotopic (exact) mass is 1000 g/mol. The maximum atomic E-state index is 10.2. The van der Waals surface area contributed by atoms with Crippen molar-refractivity contribution in [2.75, 3.05) is 19.8 Å². The zero-order valence-corrected chi connectivity index (χ0v) is 51.0.